The van der Waals surface area contributed by atoms with E-state index in [0.717, 1.165) is 17.1 Å². The Bertz CT molecular complexity index is 3100. The number of hydrogen-bond donors (Lipinski definition) is 0. The highest BCUT2D eigenvalue weighted by atomic mass is 15.1. The van der Waals surface area contributed by atoms with Crippen LogP contribution in [-0.2, 0) is 5.41 Å². The summed E-state index contributed by atoms with van der Waals surface area (Å²) in [4.78, 5) is 2.45. The summed E-state index contributed by atoms with van der Waals surface area (Å²) in [6, 6.07) is 67.2. The second-order valence-corrected chi connectivity index (χ2v) is 15.0. The third-order valence-corrected chi connectivity index (χ3v) is 11.7. The molecule has 250 valence electrons. The van der Waals surface area contributed by atoms with Gasteiger partial charge >= 0.3 is 0 Å². The molecule has 0 bridgehead atoms. The van der Waals surface area contributed by atoms with Crippen LogP contribution in [0.5, 0.6) is 0 Å². The molecule has 0 saturated heterocycles. The van der Waals surface area contributed by atoms with Crippen LogP contribution in [0, 0.1) is 0 Å². The summed E-state index contributed by atoms with van der Waals surface area (Å²) in [5.74, 6) is 0. The minimum Gasteiger partial charge on any atom is -0.309 e. The Hall–Kier alpha value is -6.64. The van der Waals surface area contributed by atoms with Crippen LogP contribution in [-0.4, -0.2) is 4.57 Å². The molecule has 0 atom stereocenters. The van der Waals surface area contributed by atoms with Gasteiger partial charge < -0.3 is 9.47 Å². The van der Waals surface area contributed by atoms with Crippen molar-refractivity contribution in [3.05, 3.63) is 193 Å². The molecule has 9 aromatic carbocycles. The molecule has 0 N–H and O–H groups in total. The van der Waals surface area contributed by atoms with Crippen molar-refractivity contribution in [3.8, 4) is 16.8 Å². The number of benzene rings is 9. The van der Waals surface area contributed by atoms with Crippen molar-refractivity contribution in [2.75, 3.05) is 4.90 Å². The van der Waals surface area contributed by atoms with Crippen LogP contribution in [0.15, 0.2) is 182 Å². The molecule has 0 spiro atoms. The molecular weight excluding hydrogens is 641 g/mol. The van der Waals surface area contributed by atoms with Crippen LogP contribution >= 0.6 is 0 Å². The van der Waals surface area contributed by atoms with Gasteiger partial charge in [0.05, 0.1) is 28.1 Å². The second kappa shape index (κ2) is 11.2. The lowest BCUT2D eigenvalue weighted by Crippen LogP contribution is -2.26. The highest BCUT2D eigenvalue weighted by Crippen LogP contribution is 2.49. The van der Waals surface area contributed by atoms with Crippen LogP contribution in [0.1, 0.15) is 25.0 Å². The molecule has 0 saturated carbocycles. The second-order valence-electron chi connectivity index (χ2n) is 15.0. The largest absolute Gasteiger partial charge is 0.309 e. The van der Waals surface area contributed by atoms with Gasteiger partial charge in [-0.15, -0.1) is 0 Å². The lowest BCUT2D eigenvalue weighted by Gasteiger charge is -2.34. The first-order valence-corrected chi connectivity index (χ1v) is 18.5. The Labute approximate surface area is 308 Å². The third kappa shape index (κ3) is 4.33. The maximum Gasteiger partial charge on any atom is 0.0582 e. The van der Waals surface area contributed by atoms with Crippen molar-refractivity contribution in [1.82, 2.24) is 4.57 Å². The van der Waals surface area contributed by atoms with Crippen molar-refractivity contribution in [1.29, 1.82) is 0 Å². The normalized spacial score (nSPS) is 13.2. The van der Waals surface area contributed by atoms with E-state index in [4.69, 9.17) is 0 Å². The Balaban J connectivity index is 1.14. The van der Waals surface area contributed by atoms with E-state index in [9.17, 15) is 0 Å². The van der Waals surface area contributed by atoms with Gasteiger partial charge in [-0.05, 0) is 86.3 Å². The van der Waals surface area contributed by atoms with E-state index in [1.54, 1.807) is 0 Å². The maximum absolute atomic E-state index is 2.50. The highest BCUT2D eigenvalue weighted by molar-refractivity contribution is 6.14. The molecule has 1 aliphatic rings. The molecule has 11 rings (SSSR count). The minimum atomic E-state index is -0.0870. The number of rotatable bonds is 4. The van der Waals surface area contributed by atoms with E-state index in [1.165, 1.54) is 82.1 Å². The average molecular weight is 677 g/mol. The van der Waals surface area contributed by atoms with Crippen molar-refractivity contribution in [3.63, 3.8) is 0 Å². The lowest BCUT2D eigenvalue weighted by molar-refractivity contribution is 0.630. The van der Waals surface area contributed by atoms with E-state index < -0.39 is 0 Å². The van der Waals surface area contributed by atoms with Gasteiger partial charge in [-0.25, -0.2) is 0 Å². The highest BCUT2D eigenvalue weighted by Gasteiger charge is 2.34. The van der Waals surface area contributed by atoms with Gasteiger partial charge in [-0.1, -0.05) is 153 Å². The molecule has 0 unspecified atom stereocenters. The standard InChI is InChI=1S/C51H36N2/c1-51(2)44-22-7-8-24-49(44)53-48-30-28-36(32-43(48)42-21-11-23-45(51)50(42)53)38-18-10-20-41-40(38)19-12-26-47(41)52(37-29-27-33-13-3-4-15-35(33)31-37)46-25-9-16-34-14-5-6-17-39(34)46/h3-32H,1-2H3. The summed E-state index contributed by atoms with van der Waals surface area (Å²) in [5.41, 5.74) is 12.4. The Morgan fingerprint density at radius 3 is 1.98 bits per heavy atom. The molecule has 0 aliphatic carbocycles. The first-order chi connectivity index (χ1) is 26.1. The maximum atomic E-state index is 2.50. The number of aromatic nitrogens is 1. The Morgan fingerprint density at radius 2 is 1.08 bits per heavy atom. The molecule has 53 heavy (non-hydrogen) atoms. The summed E-state index contributed by atoms with van der Waals surface area (Å²) in [7, 11) is 0. The summed E-state index contributed by atoms with van der Waals surface area (Å²) in [5, 5.41) is 9.94. The van der Waals surface area contributed by atoms with Crippen LogP contribution in [0.25, 0.3) is 70.9 Å². The fraction of sp³-hybridized carbons (Fsp3) is 0.0588. The monoisotopic (exact) mass is 676 g/mol. The summed E-state index contributed by atoms with van der Waals surface area (Å²) in [6.45, 7) is 4.72. The zero-order chi connectivity index (χ0) is 35.3. The van der Waals surface area contributed by atoms with Gasteiger partial charge in [0.15, 0.2) is 0 Å². The van der Waals surface area contributed by atoms with Crippen LogP contribution in [0.4, 0.5) is 17.1 Å². The SMILES string of the molecule is CC1(C)c2ccccc2-n2c3ccc(-c4cccc5c(N(c6ccc7ccccc7c6)c6cccc7ccccc67)cccc45)cc3c3cccc1c32. The van der Waals surface area contributed by atoms with Crippen LogP contribution < -0.4 is 4.90 Å². The molecule has 2 nitrogen and oxygen atoms in total. The number of anilines is 3. The summed E-state index contributed by atoms with van der Waals surface area (Å²) >= 11 is 0. The van der Waals surface area contributed by atoms with Crippen LogP contribution in [0.2, 0.25) is 0 Å². The molecule has 10 aromatic rings. The number of hydrogen-bond acceptors (Lipinski definition) is 1. The van der Waals surface area contributed by atoms with E-state index in [0.29, 0.717) is 0 Å². The van der Waals surface area contributed by atoms with E-state index in [1.807, 2.05) is 0 Å². The van der Waals surface area contributed by atoms with Gasteiger partial charge in [0, 0.05) is 32.6 Å². The average Bonchev–Trinajstić information content (AvgIpc) is 3.54. The fourth-order valence-corrected chi connectivity index (χ4v) is 9.20. The van der Waals surface area contributed by atoms with Gasteiger partial charge in [0.1, 0.15) is 0 Å². The smallest absolute Gasteiger partial charge is 0.0582 e. The Morgan fingerprint density at radius 1 is 0.434 bits per heavy atom. The molecular formula is C51H36N2. The Kier molecular flexibility index (Phi) is 6.33. The van der Waals surface area contributed by atoms with Gasteiger partial charge in [-0.3, -0.25) is 0 Å². The van der Waals surface area contributed by atoms with E-state index >= 15 is 0 Å². The number of nitrogens with zero attached hydrogens (tertiary/aromatic N) is 2. The van der Waals surface area contributed by atoms with E-state index in [2.05, 4.69) is 205 Å². The zero-order valence-corrected chi connectivity index (χ0v) is 29.7. The molecule has 1 aliphatic heterocycles. The lowest BCUT2D eigenvalue weighted by atomic mass is 9.75. The summed E-state index contributed by atoms with van der Waals surface area (Å²) in [6.07, 6.45) is 0. The van der Waals surface area contributed by atoms with Crippen LogP contribution in [0.3, 0.4) is 0 Å². The number of para-hydroxylation sites is 2. The van der Waals surface area contributed by atoms with E-state index in [-0.39, 0.29) is 5.41 Å². The summed E-state index contributed by atoms with van der Waals surface area (Å²) < 4.78 is 2.50. The van der Waals surface area contributed by atoms with Gasteiger partial charge in [-0.2, -0.15) is 0 Å². The predicted molar refractivity (Wildman–Crippen MR) is 226 cm³/mol. The third-order valence-electron chi connectivity index (χ3n) is 11.7. The quantitative estimate of drug-likeness (QED) is 0.180. The molecule has 2 heterocycles. The molecule has 0 amide bonds. The predicted octanol–water partition coefficient (Wildman–Crippen LogP) is 14.0. The fourth-order valence-electron chi connectivity index (χ4n) is 9.20. The molecule has 0 radical (unpaired) electrons. The minimum absolute atomic E-state index is 0.0870. The van der Waals surface area contributed by atoms with Crippen molar-refractivity contribution < 1.29 is 0 Å². The topological polar surface area (TPSA) is 8.17 Å². The van der Waals surface area contributed by atoms with Crippen molar-refractivity contribution in [2.45, 2.75) is 19.3 Å². The van der Waals surface area contributed by atoms with Crippen molar-refractivity contribution in [2.24, 2.45) is 0 Å². The van der Waals surface area contributed by atoms with Gasteiger partial charge in [0.2, 0.25) is 0 Å². The zero-order valence-electron chi connectivity index (χ0n) is 29.7. The van der Waals surface area contributed by atoms with Gasteiger partial charge in [0.25, 0.3) is 0 Å². The van der Waals surface area contributed by atoms with Crippen molar-refractivity contribution >= 4 is 71.2 Å². The first-order valence-electron chi connectivity index (χ1n) is 18.5. The first kappa shape index (κ1) is 30.0. The molecule has 2 heteroatoms. The number of fused-ring (bicyclic) bond motifs is 8. The molecule has 0 fully saturated rings. The molecule has 1 aromatic heterocycles.